The summed E-state index contributed by atoms with van der Waals surface area (Å²) in [7, 11) is 0. The van der Waals surface area contributed by atoms with E-state index in [-0.39, 0.29) is 24.1 Å². The normalized spacial score (nSPS) is 23.2. The predicted molar refractivity (Wildman–Crippen MR) is 117 cm³/mol. The molecule has 3 rings (SSSR count). The summed E-state index contributed by atoms with van der Waals surface area (Å²) in [6, 6.07) is 4.54. The van der Waals surface area contributed by atoms with Crippen LogP contribution in [0.4, 0.5) is 10.5 Å². The zero-order chi connectivity index (χ0) is 21.9. The van der Waals surface area contributed by atoms with Crippen LogP contribution < -0.4 is 5.32 Å². The van der Waals surface area contributed by atoms with Crippen LogP contribution >= 0.6 is 23.2 Å². The van der Waals surface area contributed by atoms with Gasteiger partial charge in [-0.25, -0.2) is 4.79 Å². The second kappa shape index (κ2) is 9.62. The molecule has 2 aliphatic heterocycles. The molecular weight excluding hydrogens is 429 g/mol. The first-order valence-electron chi connectivity index (χ1n) is 10.2. The standard InChI is InChI=1S/C21H29Cl2N3O4/c1-21(2,3)30-20(28)25-7-8-29-13-17(12-25)26-6-4-5-18(19(26)27)24-16-10-14(22)9-15(23)11-16/h9-11,17-18,24H,4-8,12-13H2,1-3H3. The maximum atomic E-state index is 13.2. The lowest BCUT2D eigenvalue weighted by Crippen LogP contribution is -2.56. The highest BCUT2D eigenvalue weighted by Gasteiger charge is 2.36. The maximum absolute atomic E-state index is 13.2. The molecule has 1 aromatic carbocycles. The number of anilines is 1. The summed E-state index contributed by atoms with van der Waals surface area (Å²) in [5, 5.41) is 4.27. The van der Waals surface area contributed by atoms with Gasteiger partial charge in [0.25, 0.3) is 0 Å². The zero-order valence-corrected chi connectivity index (χ0v) is 19.1. The average molecular weight is 458 g/mol. The quantitative estimate of drug-likeness (QED) is 0.741. The lowest BCUT2D eigenvalue weighted by molar-refractivity contribution is -0.138. The molecule has 1 N–H and O–H groups in total. The predicted octanol–water partition coefficient (Wildman–Crippen LogP) is 4.03. The van der Waals surface area contributed by atoms with Gasteiger partial charge in [-0.05, 0) is 51.8 Å². The second-order valence-corrected chi connectivity index (χ2v) is 9.56. The fourth-order valence-electron chi connectivity index (χ4n) is 3.71. The highest BCUT2D eigenvalue weighted by molar-refractivity contribution is 6.35. The Morgan fingerprint density at radius 3 is 2.57 bits per heavy atom. The number of carbonyl (C=O) groups excluding carboxylic acids is 2. The molecule has 7 nitrogen and oxygen atoms in total. The second-order valence-electron chi connectivity index (χ2n) is 8.68. The van der Waals surface area contributed by atoms with E-state index < -0.39 is 5.60 Å². The Labute approximate surface area is 187 Å². The van der Waals surface area contributed by atoms with Crippen molar-refractivity contribution in [3.05, 3.63) is 28.2 Å². The highest BCUT2D eigenvalue weighted by atomic mass is 35.5. The van der Waals surface area contributed by atoms with E-state index in [1.54, 1.807) is 23.1 Å². The van der Waals surface area contributed by atoms with E-state index in [9.17, 15) is 9.59 Å². The van der Waals surface area contributed by atoms with Crippen molar-refractivity contribution in [2.24, 2.45) is 0 Å². The summed E-state index contributed by atoms with van der Waals surface area (Å²) in [5.41, 5.74) is 0.133. The molecule has 0 radical (unpaired) electrons. The molecule has 2 fully saturated rings. The van der Waals surface area contributed by atoms with Crippen LogP contribution in [0.1, 0.15) is 33.6 Å². The molecule has 2 atom stereocenters. The number of hydrogen-bond donors (Lipinski definition) is 1. The summed E-state index contributed by atoms with van der Waals surface area (Å²) in [6.45, 7) is 7.77. The Kier molecular flexibility index (Phi) is 7.37. The Bertz CT molecular complexity index is 764. The maximum Gasteiger partial charge on any atom is 0.410 e. The molecule has 0 saturated carbocycles. The van der Waals surface area contributed by atoms with Gasteiger partial charge in [0, 0.05) is 35.4 Å². The van der Waals surface area contributed by atoms with Crippen LogP contribution in [0.5, 0.6) is 0 Å². The average Bonchev–Trinajstić information content (AvgIpc) is 2.87. The number of benzene rings is 1. The molecule has 2 heterocycles. The van der Waals surface area contributed by atoms with Crippen molar-refractivity contribution in [1.82, 2.24) is 9.80 Å². The molecule has 2 aliphatic rings. The van der Waals surface area contributed by atoms with Gasteiger partial charge in [-0.1, -0.05) is 23.2 Å². The van der Waals surface area contributed by atoms with Crippen LogP contribution in [0.3, 0.4) is 0 Å². The summed E-state index contributed by atoms with van der Waals surface area (Å²) < 4.78 is 11.2. The third-order valence-corrected chi connectivity index (χ3v) is 5.45. The fourth-order valence-corrected chi connectivity index (χ4v) is 4.23. The number of likely N-dealkylation sites (tertiary alicyclic amines) is 1. The fraction of sp³-hybridized carbons (Fsp3) is 0.619. The molecule has 30 heavy (non-hydrogen) atoms. The van der Waals surface area contributed by atoms with Crippen molar-refractivity contribution >= 4 is 40.9 Å². The van der Waals surface area contributed by atoms with Crippen LogP contribution in [0.25, 0.3) is 0 Å². The highest BCUT2D eigenvalue weighted by Crippen LogP contribution is 2.26. The molecule has 9 heteroatoms. The number of rotatable bonds is 3. The Morgan fingerprint density at radius 1 is 1.20 bits per heavy atom. The largest absolute Gasteiger partial charge is 0.444 e. The molecule has 0 spiro atoms. The molecule has 2 saturated heterocycles. The Morgan fingerprint density at radius 2 is 1.90 bits per heavy atom. The van der Waals surface area contributed by atoms with Crippen molar-refractivity contribution in [1.29, 1.82) is 0 Å². The number of nitrogens with one attached hydrogen (secondary N) is 1. The van der Waals surface area contributed by atoms with E-state index in [0.717, 1.165) is 6.42 Å². The van der Waals surface area contributed by atoms with Crippen molar-refractivity contribution in [3.8, 4) is 0 Å². The molecule has 0 bridgehead atoms. The SMILES string of the molecule is CC(C)(C)OC(=O)N1CCOCC(N2CCCC(Nc3cc(Cl)cc(Cl)c3)C2=O)C1. The van der Waals surface area contributed by atoms with Gasteiger partial charge < -0.3 is 24.6 Å². The molecule has 166 valence electrons. The molecular formula is C21H29Cl2N3O4. The monoisotopic (exact) mass is 457 g/mol. The van der Waals surface area contributed by atoms with Gasteiger partial charge in [-0.2, -0.15) is 0 Å². The lowest BCUT2D eigenvalue weighted by Gasteiger charge is -2.39. The molecule has 0 aliphatic carbocycles. The van der Waals surface area contributed by atoms with Crippen molar-refractivity contribution in [2.45, 2.75) is 51.3 Å². The van der Waals surface area contributed by atoms with Gasteiger partial charge in [-0.15, -0.1) is 0 Å². The van der Waals surface area contributed by atoms with Crippen LogP contribution in [0.15, 0.2) is 18.2 Å². The summed E-state index contributed by atoms with van der Waals surface area (Å²) >= 11 is 12.2. The molecule has 2 unspecified atom stereocenters. The topological polar surface area (TPSA) is 71.1 Å². The third-order valence-electron chi connectivity index (χ3n) is 5.02. The van der Waals surface area contributed by atoms with Crippen LogP contribution in [0.2, 0.25) is 10.0 Å². The summed E-state index contributed by atoms with van der Waals surface area (Å²) in [4.78, 5) is 29.2. The smallest absolute Gasteiger partial charge is 0.410 e. The Hall–Kier alpha value is -1.70. The van der Waals surface area contributed by atoms with Gasteiger partial charge in [0.2, 0.25) is 5.91 Å². The van der Waals surface area contributed by atoms with E-state index in [1.807, 2.05) is 25.7 Å². The van der Waals surface area contributed by atoms with Crippen LogP contribution in [0, 0.1) is 0 Å². The summed E-state index contributed by atoms with van der Waals surface area (Å²) in [5.74, 6) is -0.0167. The van der Waals surface area contributed by atoms with Crippen molar-refractivity contribution < 1.29 is 19.1 Å². The number of nitrogens with zero attached hydrogens (tertiary/aromatic N) is 2. The van der Waals surface area contributed by atoms with Crippen molar-refractivity contribution in [2.75, 3.05) is 38.2 Å². The van der Waals surface area contributed by atoms with Crippen molar-refractivity contribution in [3.63, 3.8) is 0 Å². The van der Waals surface area contributed by atoms with Crippen LogP contribution in [-0.4, -0.2) is 72.3 Å². The number of hydrogen-bond acceptors (Lipinski definition) is 5. The third kappa shape index (κ3) is 6.15. The van der Waals surface area contributed by atoms with Gasteiger partial charge in [0.15, 0.2) is 0 Å². The minimum absolute atomic E-state index is 0.0167. The zero-order valence-electron chi connectivity index (χ0n) is 17.6. The number of carbonyl (C=O) groups is 2. The van der Waals surface area contributed by atoms with Gasteiger partial charge >= 0.3 is 6.09 Å². The van der Waals surface area contributed by atoms with Gasteiger partial charge in [-0.3, -0.25) is 4.79 Å². The summed E-state index contributed by atoms with van der Waals surface area (Å²) in [6.07, 6.45) is 1.18. The lowest BCUT2D eigenvalue weighted by atomic mass is 10.0. The number of halogens is 2. The number of ether oxygens (including phenoxy) is 2. The minimum Gasteiger partial charge on any atom is -0.444 e. The van der Waals surface area contributed by atoms with E-state index >= 15 is 0 Å². The minimum atomic E-state index is -0.575. The first-order chi connectivity index (χ1) is 14.1. The van der Waals surface area contributed by atoms with Crippen LogP contribution in [-0.2, 0) is 14.3 Å². The number of amides is 2. The van der Waals surface area contributed by atoms with E-state index in [4.69, 9.17) is 32.7 Å². The van der Waals surface area contributed by atoms with E-state index in [0.29, 0.717) is 55.0 Å². The van der Waals surface area contributed by atoms with Gasteiger partial charge in [0.05, 0.1) is 19.3 Å². The van der Waals surface area contributed by atoms with Gasteiger partial charge in [0.1, 0.15) is 11.6 Å². The first kappa shape index (κ1) is 23.0. The van der Waals surface area contributed by atoms with E-state index in [2.05, 4.69) is 5.32 Å². The number of piperidine rings is 1. The first-order valence-corrected chi connectivity index (χ1v) is 11.0. The van der Waals surface area contributed by atoms with E-state index in [1.165, 1.54) is 0 Å². The molecule has 0 aromatic heterocycles. The Balaban J connectivity index is 1.69. The molecule has 1 aromatic rings. The molecule has 2 amide bonds.